The van der Waals surface area contributed by atoms with Gasteiger partial charge in [0.1, 0.15) is 12.4 Å². The highest BCUT2D eigenvalue weighted by Gasteiger charge is 2.31. The third-order valence-corrected chi connectivity index (χ3v) is 6.44. The first-order valence-corrected chi connectivity index (χ1v) is 11.1. The summed E-state index contributed by atoms with van der Waals surface area (Å²) in [5.41, 5.74) is 0.552. The molecule has 1 atom stereocenters. The van der Waals surface area contributed by atoms with Crippen molar-refractivity contribution in [2.24, 2.45) is 11.8 Å². The number of hydrogen-bond acceptors (Lipinski definition) is 5. The Kier molecular flexibility index (Phi) is 6.89. The van der Waals surface area contributed by atoms with Crippen LogP contribution >= 0.6 is 0 Å². The van der Waals surface area contributed by atoms with Crippen LogP contribution in [-0.4, -0.2) is 80.7 Å². The van der Waals surface area contributed by atoms with Gasteiger partial charge in [-0.05, 0) is 68.8 Å². The van der Waals surface area contributed by atoms with Gasteiger partial charge in [-0.15, -0.1) is 0 Å². The van der Waals surface area contributed by atoms with Gasteiger partial charge in [0.05, 0.1) is 13.2 Å². The van der Waals surface area contributed by atoms with E-state index in [0.717, 1.165) is 38.4 Å². The largest absolute Gasteiger partial charge is 0.497 e. The number of morpholine rings is 1. The minimum absolute atomic E-state index is 0.0609. The van der Waals surface area contributed by atoms with E-state index in [1.165, 1.54) is 19.4 Å². The van der Waals surface area contributed by atoms with Crippen LogP contribution in [0.15, 0.2) is 24.3 Å². The van der Waals surface area contributed by atoms with Crippen molar-refractivity contribution < 1.29 is 19.1 Å². The smallest absolute Gasteiger partial charge is 0.251 e. The number of piperidine rings is 1. The van der Waals surface area contributed by atoms with Crippen molar-refractivity contribution in [3.05, 3.63) is 29.8 Å². The minimum atomic E-state index is -0.174. The van der Waals surface area contributed by atoms with Crippen LogP contribution in [0.4, 0.5) is 0 Å². The summed E-state index contributed by atoms with van der Waals surface area (Å²) in [6.45, 7) is 5.40. The Bertz CT molecular complexity index is 744. The van der Waals surface area contributed by atoms with Gasteiger partial charge in [-0.25, -0.2) is 0 Å². The van der Waals surface area contributed by atoms with Crippen molar-refractivity contribution in [1.82, 2.24) is 15.1 Å². The fourth-order valence-corrected chi connectivity index (χ4v) is 4.38. The summed E-state index contributed by atoms with van der Waals surface area (Å²) in [7, 11) is 1.58. The predicted molar refractivity (Wildman–Crippen MR) is 114 cm³/mol. The second-order valence-corrected chi connectivity index (χ2v) is 8.86. The molecule has 7 heteroatoms. The number of amides is 2. The first-order valence-electron chi connectivity index (χ1n) is 11.1. The average molecular weight is 416 g/mol. The summed E-state index contributed by atoms with van der Waals surface area (Å²) in [5.74, 6) is 2.05. The van der Waals surface area contributed by atoms with Crippen molar-refractivity contribution in [3.63, 3.8) is 0 Å². The molecule has 1 aliphatic carbocycles. The SMILES string of the molecule is COc1cccc(C(=O)NC[C@@H]2CN(CC3CCN(CC4CC4)CC3)C(=O)CO2)c1. The van der Waals surface area contributed by atoms with Gasteiger partial charge in [0, 0.05) is 31.7 Å². The molecule has 0 unspecified atom stereocenters. The highest BCUT2D eigenvalue weighted by Crippen LogP contribution is 2.31. The molecule has 2 aliphatic heterocycles. The van der Waals surface area contributed by atoms with Crippen molar-refractivity contribution in [1.29, 1.82) is 0 Å². The van der Waals surface area contributed by atoms with Crippen LogP contribution in [0.3, 0.4) is 0 Å². The highest BCUT2D eigenvalue weighted by molar-refractivity contribution is 5.94. The standard InChI is InChI=1S/C23H33N3O4/c1-29-20-4-2-3-19(11-20)23(28)24-12-21-15-26(22(27)16-30-21)14-18-7-9-25(10-8-18)13-17-5-6-17/h2-4,11,17-18,21H,5-10,12-16H2,1H3,(H,24,28)/t21-/m1/s1. The van der Waals surface area contributed by atoms with Gasteiger partial charge >= 0.3 is 0 Å². The fraction of sp³-hybridized carbons (Fsp3) is 0.652. The second-order valence-electron chi connectivity index (χ2n) is 8.86. The molecule has 1 N–H and O–H groups in total. The molecule has 0 radical (unpaired) electrons. The lowest BCUT2D eigenvalue weighted by Crippen LogP contribution is -2.52. The van der Waals surface area contributed by atoms with E-state index in [9.17, 15) is 9.59 Å². The highest BCUT2D eigenvalue weighted by atomic mass is 16.5. The molecule has 0 bridgehead atoms. The maximum atomic E-state index is 12.4. The first-order chi connectivity index (χ1) is 14.6. The Hall–Kier alpha value is -2.12. The second kappa shape index (κ2) is 9.79. The lowest BCUT2D eigenvalue weighted by molar-refractivity contribution is -0.149. The summed E-state index contributed by atoms with van der Waals surface area (Å²) < 4.78 is 10.8. The van der Waals surface area contributed by atoms with Crippen LogP contribution in [0.25, 0.3) is 0 Å². The van der Waals surface area contributed by atoms with E-state index in [0.29, 0.717) is 30.3 Å². The molecule has 1 aromatic carbocycles. The number of carbonyl (C=O) groups is 2. The van der Waals surface area contributed by atoms with Crippen LogP contribution in [0, 0.1) is 11.8 Å². The number of hydrogen-bond donors (Lipinski definition) is 1. The number of nitrogens with zero attached hydrogens (tertiary/aromatic N) is 2. The maximum absolute atomic E-state index is 12.4. The zero-order valence-corrected chi connectivity index (χ0v) is 17.8. The monoisotopic (exact) mass is 415 g/mol. The number of carbonyl (C=O) groups excluding carboxylic acids is 2. The summed E-state index contributed by atoms with van der Waals surface area (Å²) in [5, 5.41) is 2.92. The van der Waals surface area contributed by atoms with Crippen molar-refractivity contribution in [2.45, 2.75) is 31.8 Å². The summed E-state index contributed by atoms with van der Waals surface area (Å²) in [6.07, 6.45) is 4.95. The Morgan fingerprint density at radius 1 is 1.17 bits per heavy atom. The Morgan fingerprint density at radius 2 is 1.93 bits per heavy atom. The molecule has 2 heterocycles. The molecule has 2 amide bonds. The number of likely N-dealkylation sites (tertiary alicyclic amines) is 1. The van der Waals surface area contributed by atoms with Crippen molar-refractivity contribution in [3.8, 4) is 5.75 Å². The molecule has 30 heavy (non-hydrogen) atoms. The summed E-state index contributed by atoms with van der Waals surface area (Å²) >= 11 is 0. The van der Waals surface area contributed by atoms with Crippen LogP contribution in [0.5, 0.6) is 5.75 Å². The van der Waals surface area contributed by atoms with Gasteiger partial charge < -0.3 is 24.6 Å². The van der Waals surface area contributed by atoms with Gasteiger partial charge in [-0.3, -0.25) is 9.59 Å². The molecule has 0 aromatic heterocycles. The van der Waals surface area contributed by atoms with E-state index < -0.39 is 0 Å². The quantitative estimate of drug-likeness (QED) is 0.701. The van der Waals surface area contributed by atoms with E-state index in [1.807, 2.05) is 4.90 Å². The van der Waals surface area contributed by atoms with Gasteiger partial charge in [0.15, 0.2) is 0 Å². The topological polar surface area (TPSA) is 71.1 Å². The molecule has 164 valence electrons. The van der Waals surface area contributed by atoms with Crippen LogP contribution in [0.1, 0.15) is 36.0 Å². The maximum Gasteiger partial charge on any atom is 0.251 e. The minimum Gasteiger partial charge on any atom is -0.497 e. The zero-order chi connectivity index (χ0) is 20.9. The molecule has 2 saturated heterocycles. The molecule has 3 aliphatic rings. The van der Waals surface area contributed by atoms with Crippen LogP contribution in [-0.2, 0) is 9.53 Å². The van der Waals surface area contributed by atoms with Gasteiger partial charge in [0.2, 0.25) is 5.91 Å². The van der Waals surface area contributed by atoms with Gasteiger partial charge in [-0.2, -0.15) is 0 Å². The Balaban J connectivity index is 1.22. The van der Waals surface area contributed by atoms with Gasteiger partial charge in [-0.1, -0.05) is 6.07 Å². The predicted octanol–water partition coefficient (Wildman–Crippen LogP) is 1.77. The number of benzene rings is 1. The molecule has 1 aromatic rings. The first kappa shape index (κ1) is 21.1. The molecule has 1 saturated carbocycles. The Labute approximate surface area is 178 Å². The lowest BCUT2D eigenvalue weighted by Gasteiger charge is -2.38. The molecular weight excluding hydrogens is 382 g/mol. The lowest BCUT2D eigenvalue weighted by atomic mass is 9.95. The number of methoxy groups -OCH3 is 1. The van der Waals surface area contributed by atoms with Crippen molar-refractivity contribution in [2.75, 3.05) is 53.0 Å². The van der Waals surface area contributed by atoms with Crippen molar-refractivity contribution >= 4 is 11.8 Å². The molecule has 7 nitrogen and oxygen atoms in total. The van der Waals surface area contributed by atoms with E-state index in [4.69, 9.17) is 9.47 Å². The molecule has 3 fully saturated rings. The van der Waals surface area contributed by atoms with E-state index in [2.05, 4.69) is 10.2 Å². The molecular formula is C23H33N3O4. The zero-order valence-electron chi connectivity index (χ0n) is 17.8. The number of ether oxygens (including phenoxy) is 2. The normalized spacial score (nSPS) is 23.4. The van der Waals surface area contributed by atoms with Crippen LogP contribution < -0.4 is 10.1 Å². The Morgan fingerprint density at radius 3 is 2.67 bits per heavy atom. The molecule has 4 rings (SSSR count). The average Bonchev–Trinajstić information content (AvgIpc) is 3.59. The fourth-order valence-electron chi connectivity index (χ4n) is 4.38. The summed E-state index contributed by atoms with van der Waals surface area (Å²) in [4.78, 5) is 29.3. The number of rotatable bonds is 8. The van der Waals surface area contributed by atoms with Gasteiger partial charge in [0.25, 0.3) is 5.91 Å². The van der Waals surface area contributed by atoms with Crippen LogP contribution in [0.2, 0.25) is 0 Å². The van der Waals surface area contributed by atoms with E-state index in [1.54, 1.807) is 31.4 Å². The van der Waals surface area contributed by atoms with E-state index in [-0.39, 0.29) is 24.5 Å². The third kappa shape index (κ3) is 5.73. The third-order valence-electron chi connectivity index (χ3n) is 6.44. The number of nitrogens with one attached hydrogen (secondary N) is 1. The molecule has 0 spiro atoms. The summed E-state index contributed by atoms with van der Waals surface area (Å²) in [6, 6.07) is 7.07. The van der Waals surface area contributed by atoms with E-state index >= 15 is 0 Å².